The zero-order chi connectivity index (χ0) is 24.1. The first-order valence-corrected chi connectivity index (χ1v) is 11.8. The van der Waals surface area contributed by atoms with Crippen LogP contribution in [0.1, 0.15) is 27.7 Å². The summed E-state index contributed by atoms with van der Waals surface area (Å²) in [6, 6.07) is 10.7. The van der Waals surface area contributed by atoms with Gasteiger partial charge in [-0.2, -0.15) is 0 Å². The second-order valence-corrected chi connectivity index (χ2v) is 9.20. The Morgan fingerprint density at radius 2 is 1.82 bits per heavy atom. The fraction of sp³-hybridized carbons (Fsp3) is 0.375. The molecule has 1 N–H and O–H groups in total. The molecule has 176 valence electrons. The van der Waals surface area contributed by atoms with Crippen molar-refractivity contribution in [1.29, 1.82) is 0 Å². The summed E-state index contributed by atoms with van der Waals surface area (Å²) in [5.74, 6) is -2.14. The number of amides is 1. The smallest absolute Gasteiger partial charge is 0.262 e. The highest BCUT2D eigenvalue weighted by atomic mass is 32.2. The van der Waals surface area contributed by atoms with Gasteiger partial charge >= 0.3 is 0 Å². The van der Waals surface area contributed by atoms with E-state index in [9.17, 15) is 18.4 Å². The molecule has 1 amide bonds. The number of benzene rings is 2. The van der Waals surface area contributed by atoms with E-state index in [1.54, 1.807) is 28.8 Å². The molecule has 3 rings (SSSR count). The van der Waals surface area contributed by atoms with Crippen molar-refractivity contribution < 1.29 is 13.6 Å². The zero-order valence-corrected chi connectivity index (χ0v) is 20.0. The van der Waals surface area contributed by atoms with E-state index in [1.807, 2.05) is 0 Å². The number of carbonyl (C=O) groups excluding carboxylic acids is 1. The van der Waals surface area contributed by atoms with Gasteiger partial charge in [-0.1, -0.05) is 23.9 Å². The molecule has 0 bridgehead atoms. The molecule has 2 aromatic carbocycles. The van der Waals surface area contributed by atoms with Crippen molar-refractivity contribution in [3.63, 3.8) is 0 Å². The van der Waals surface area contributed by atoms with Gasteiger partial charge in [-0.15, -0.1) is 0 Å². The zero-order valence-electron chi connectivity index (χ0n) is 19.1. The van der Waals surface area contributed by atoms with Crippen molar-refractivity contribution in [3.8, 4) is 0 Å². The molecule has 0 saturated heterocycles. The summed E-state index contributed by atoms with van der Waals surface area (Å²) in [4.78, 5) is 32.5. The first-order valence-electron chi connectivity index (χ1n) is 10.8. The molecule has 0 unspecified atom stereocenters. The van der Waals surface area contributed by atoms with Crippen LogP contribution in [0.2, 0.25) is 0 Å². The van der Waals surface area contributed by atoms with E-state index in [-0.39, 0.29) is 17.0 Å². The number of aromatic nitrogens is 2. The molecule has 6 nitrogen and oxygen atoms in total. The molecule has 0 atom stereocenters. The van der Waals surface area contributed by atoms with E-state index in [4.69, 9.17) is 0 Å². The molecule has 33 heavy (non-hydrogen) atoms. The lowest BCUT2D eigenvalue weighted by molar-refractivity contribution is -0.113. The largest absolute Gasteiger partial charge is 0.323 e. The monoisotopic (exact) mass is 474 g/mol. The van der Waals surface area contributed by atoms with Gasteiger partial charge in [0.15, 0.2) is 5.16 Å². The van der Waals surface area contributed by atoms with Crippen molar-refractivity contribution in [2.24, 2.45) is 0 Å². The number of halogens is 2. The Morgan fingerprint density at radius 3 is 2.48 bits per heavy atom. The van der Waals surface area contributed by atoms with Gasteiger partial charge in [0, 0.05) is 31.2 Å². The van der Waals surface area contributed by atoms with Crippen LogP contribution in [0, 0.1) is 11.6 Å². The molecule has 0 aliphatic carbocycles. The van der Waals surface area contributed by atoms with Gasteiger partial charge in [0.25, 0.3) is 5.56 Å². The maximum absolute atomic E-state index is 13.8. The summed E-state index contributed by atoms with van der Waals surface area (Å²) >= 11 is 1.11. The van der Waals surface area contributed by atoms with Crippen LogP contribution in [-0.4, -0.2) is 44.7 Å². The highest BCUT2D eigenvalue weighted by Gasteiger charge is 2.18. The SMILES string of the molecule is CC(C)N(CCn1c(SCC(=O)Nc2ccc(F)cc2F)nc2ccccc2c1=O)C(C)C. The Kier molecular flexibility index (Phi) is 8.20. The van der Waals surface area contributed by atoms with Crippen LogP contribution in [0.25, 0.3) is 10.9 Å². The van der Waals surface area contributed by atoms with Crippen LogP contribution < -0.4 is 10.9 Å². The quantitative estimate of drug-likeness (QED) is 0.365. The number of nitrogens with one attached hydrogen (secondary N) is 1. The molecular weight excluding hydrogens is 446 g/mol. The average molecular weight is 475 g/mol. The number of fused-ring (bicyclic) bond motifs is 1. The third-order valence-electron chi connectivity index (χ3n) is 5.27. The number of rotatable bonds is 9. The molecule has 1 heterocycles. The molecule has 0 radical (unpaired) electrons. The maximum Gasteiger partial charge on any atom is 0.262 e. The van der Waals surface area contributed by atoms with Crippen LogP contribution in [0.4, 0.5) is 14.5 Å². The molecule has 0 aliphatic heterocycles. The van der Waals surface area contributed by atoms with Crippen molar-refractivity contribution in [2.45, 2.75) is 51.5 Å². The standard InChI is InChI=1S/C24H28F2N4O2S/c1-15(2)29(16(3)4)11-12-30-23(32)18-7-5-6-8-20(18)28-24(30)33-14-22(31)27-21-10-9-17(25)13-19(21)26/h5-10,13,15-16H,11-12,14H2,1-4H3,(H,27,31). The van der Waals surface area contributed by atoms with Gasteiger partial charge in [0.2, 0.25) is 5.91 Å². The summed E-state index contributed by atoms with van der Waals surface area (Å²) in [6.07, 6.45) is 0. The minimum Gasteiger partial charge on any atom is -0.323 e. The molecule has 1 aromatic heterocycles. The number of carbonyl (C=O) groups is 1. The Bertz CT molecular complexity index is 1190. The summed E-state index contributed by atoms with van der Waals surface area (Å²) in [7, 11) is 0. The second-order valence-electron chi connectivity index (χ2n) is 8.25. The fourth-order valence-electron chi connectivity index (χ4n) is 3.69. The lowest BCUT2D eigenvalue weighted by atomic mass is 10.2. The van der Waals surface area contributed by atoms with Crippen LogP contribution in [0.3, 0.4) is 0 Å². The minimum absolute atomic E-state index is 0.0837. The Balaban J connectivity index is 1.83. The summed E-state index contributed by atoms with van der Waals surface area (Å²) in [6.45, 7) is 9.50. The lowest BCUT2D eigenvalue weighted by Gasteiger charge is -2.30. The average Bonchev–Trinajstić information content (AvgIpc) is 2.75. The predicted molar refractivity (Wildman–Crippen MR) is 129 cm³/mol. The van der Waals surface area contributed by atoms with Crippen molar-refractivity contribution >= 4 is 34.3 Å². The van der Waals surface area contributed by atoms with Crippen LogP contribution in [-0.2, 0) is 11.3 Å². The molecule has 0 spiro atoms. The maximum atomic E-state index is 13.8. The van der Waals surface area contributed by atoms with Gasteiger partial charge in [-0.3, -0.25) is 19.1 Å². The highest BCUT2D eigenvalue weighted by molar-refractivity contribution is 7.99. The van der Waals surface area contributed by atoms with Gasteiger partial charge in [0.05, 0.1) is 22.3 Å². The van der Waals surface area contributed by atoms with Crippen molar-refractivity contribution in [2.75, 3.05) is 17.6 Å². The van der Waals surface area contributed by atoms with Gasteiger partial charge in [0.1, 0.15) is 11.6 Å². The lowest BCUT2D eigenvalue weighted by Crippen LogP contribution is -2.40. The van der Waals surface area contributed by atoms with Crippen molar-refractivity contribution in [1.82, 2.24) is 14.5 Å². The Hall–Kier alpha value is -2.78. The fourth-order valence-corrected chi connectivity index (χ4v) is 4.52. The number of thioether (sulfide) groups is 1. The second kappa shape index (κ2) is 10.9. The summed E-state index contributed by atoms with van der Waals surface area (Å²) in [5, 5.41) is 3.37. The molecule has 0 fully saturated rings. The number of anilines is 1. The predicted octanol–water partition coefficient (Wildman–Crippen LogP) is 4.52. The van der Waals surface area contributed by atoms with Crippen LogP contribution in [0.5, 0.6) is 0 Å². The highest BCUT2D eigenvalue weighted by Crippen LogP contribution is 2.20. The van der Waals surface area contributed by atoms with E-state index in [0.29, 0.717) is 47.3 Å². The number of hydrogen-bond donors (Lipinski definition) is 1. The molecule has 0 saturated carbocycles. The molecule has 3 aromatic rings. The van der Waals surface area contributed by atoms with Crippen molar-refractivity contribution in [3.05, 3.63) is 64.5 Å². The first-order chi connectivity index (χ1) is 15.7. The topological polar surface area (TPSA) is 67.2 Å². The van der Waals surface area contributed by atoms with Gasteiger partial charge < -0.3 is 5.32 Å². The van der Waals surface area contributed by atoms with E-state index >= 15 is 0 Å². The molecule has 9 heteroatoms. The minimum atomic E-state index is -0.850. The summed E-state index contributed by atoms with van der Waals surface area (Å²) in [5.41, 5.74) is 0.284. The normalized spacial score (nSPS) is 11.7. The van der Waals surface area contributed by atoms with Gasteiger partial charge in [-0.25, -0.2) is 13.8 Å². The van der Waals surface area contributed by atoms with Crippen LogP contribution in [0.15, 0.2) is 52.4 Å². The first kappa shape index (κ1) is 24.9. The van der Waals surface area contributed by atoms with Crippen LogP contribution >= 0.6 is 11.8 Å². The number of hydrogen-bond acceptors (Lipinski definition) is 5. The molecular formula is C24H28F2N4O2S. The molecule has 0 aliphatic rings. The van der Waals surface area contributed by atoms with Gasteiger partial charge in [-0.05, 0) is 52.0 Å². The van der Waals surface area contributed by atoms with E-state index < -0.39 is 17.5 Å². The van der Waals surface area contributed by atoms with E-state index in [0.717, 1.165) is 17.8 Å². The third-order valence-corrected chi connectivity index (χ3v) is 6.25. The summed E-state index contributed by atoms with van der Waals surface area (Å²) < 4.78 is 28.5. The Labute approximate surface area is 196 Å². The Morgan fingerprint density at radius 1 is 1.12 bits per heavy atom. The van der Waals surface area contributed by atoms with E-state index in [2.05, 4.69) is 42.9 Å². The van der Waals surface area contributed by atoms with E-state index in [1.165, 1.54) is 6.07 Å². The number of para-hydroxylation sites is 1. The number of nitrogens with zero attached hydrogens (tertiary/aromatic N) is 3. The third kappa shape index (κ3) is 6.17.